The number of nitrogens with zero attached hydrogens (tertiary/aromatic N) is 4. The van der Waals surface area contributed by atoms with E-state index < -0.39 is 26.2 Å². The van der Waals surface area contributed by atoms with Gasteiger partial charge in [-0.2, -0.15) is 16.8 Å². The van der Waals surface area contributed by atoms with Crippen molar-refractivity contribution < 1.29 is 40.5 Å². The van der Waals surface area contributed by atoms with Crippen molar-refractivity contribution in [1.82, 2.24) is 0 Å². The van der Waals surface area contributed by atoms with Crippen LogP contribution in [0.2, 0.25) is 0 Å². The number of aromatic hydroxyl groups is 3. The number of hydrogen-bond acceptors (Lipinski definition) is 11. The first-order chi connectivity index (χ1) is 32.7. The highest BCUT2D eigenvalue weighted by Gasteiger charge is 2.34. The van der Waals surface area contributed by atoms with E-state index in [-0.39, 0.29) is 83.3 Å². The average Bonchev–Trinajstić information content (AvgIpc) is 3.33. The highest BCUT2D eigenvalue weighted by Crippen LogP contribution is 2.49. The van der Waals surface area contributed by atoms with Crippen molar-refractivity contribution in [1.29, 1.82) is 10.8 Å². The minimum absolute atomic E-state index is 0.0493. The van der Waals surface area contributed by atoms with E-state index in [1.165, 1.54) is 60.7 Å². The molecule has 7 aromatic carbocycles. The lowest BCUT2D eigenvalue weighted by molar-refractivity contribution is 0.428. The molecule has 0 radical (unpaired) electrons. The minimum atomic E-state index is -4.51. The van der Waals surface area contributed by atoms with Gasteiger partial charge in [-0.3, -0.25) is 0 Å². The fraction of sp³-hybridized carbons (Fsp3) is 0.283. The van der Waals surface area contributed by atoms with Gasteiger partial charge in [0.05, 0.1) is 0 Å². The molecule has 0 bridgehead atoms. The molecule has 0 unspecified atom stereocenters. The molecular weight excluding hydrogens is 901 g/mol. The number of rotatable bonds is 11. The van der Waals surface area contributed by atoms with Gasteiger partial charge in [-0.1, -0.05) is 93.1 Å². The summed E-state index contributed by atoms with van der Waals surface area (Å²) in [7, 11) is -9.03. The summed E-state index contributed by atoms with van der Waals surface area (Å²) in [5.74, 6) is -1.06. The molecule has 68 heavy (non-hydrogen) atoms. The third-order valence-electron chi connectivity index (χ3n) is 13.9. The Morgan fingerprint density at radius 1 is 0.515 bits per heavy atom. The lowest BCUT2D eigenvalue weighted by Gasteiger charge is -2.30. The summed E-state index contributed by atoms with van der Waals surface area (Å²) in [6.45, 7) is 3.76. The van der Waals surface area contributed by atoms with Gasteiger partial charge in [-0.05, 0) is 127 Å². The van der Waals surface area contributed by atoms with Gasteiger partial charge in [0.2, 0.25) is 22.3 Å². The first kappa shape index (κ1) is 45.9. The summed E-state index contributed by atoms with van der Waals surface area (Å²) >= 11 is 0. The van der Waals surface area contributed by atoms with Crippen molar-refractivity contribution in [2.24, 2.45) is 0 Å². The van der Waals surface area contributed by atoms with Crippen LogP contribution in [0.5, 0.6) is 28.7 Å². The van der Waals surface area contributed by atoms with E-state index in [9.17, 15) is 42.9 Å². The molecule has 2 aliphatic rings. The molecule has 2 saturated carbocycles. The molecule has 7 aromatic rings. The van der Waals surface area contributed by atoms with Crippen LogP contribution >= 0.6 is 0 Å². The highest BCUT2D eigenvalue weighted by molar-refractivity contribution is 7.87. The summed E-state index contributed by atoms with van der Waals surface area (Å²) in [6, 6.07) is 29.0. The monoisotopic (exact) mass is 950 g/mol. The molecule has 3 N–H and O–H groups in total. The van der Waals surface area contributed by atoms with E-state index in [0.717, 1.165) is 75.3 Å². The first-order valence-electron chi connectivity index (χ1n) is 22.9. The lowest BCUT2D eigenvalue weighted by atomic mass is 9.75. The second-order valence-corrected chi connectivity index (χ2v) is 21.0. The van der Waals surface area contributed by atoms with Crippen LogP contribution in [0.1, 0.15) is 121 Å². The smallest absolute Gasteiger partial charge is 0.426 e. The Morgan fingerprint density at radius 2 is 0.941 bits per heavy atom. The SMILES string of the molecule is Cc1cc(OS(=O)(=O)c2cccc3c(O)c([N+]#N)ccc23)c(C2CCCCC2)cc1C(c1cc(C2CCCCC2)c(OS(=O)(=O)c2cccc3c(O)c([N+]#N)ccc23)cc1C)c1ccccc1O. The van der Waals surface area contributed by atoms with Crippen LogP contribution in [-0.4, -0.2) is 32.2 Å². The van der Waals surface area contributed by atoms with Crippen molar-refractivity contribution in [3.05, 3.63) is 158 Å². The molecule has 0 atom stereocenters. The summed E-state index contributed by atoms with van der Waals surface area (Å²) < 4.78 is 69.9. The quantitative estimate of drug-likeness (QED) is 0.0632. The highest BCUT2D eigenvalue weighted by atomic mass is 32.2. The van der Waals surface area contributed by atoms with Gasteiger partial charge >= 0.3 is 31.6 Å². The fourth-order valence-electron chi connectivity index (χ4n) is 10.4. The number of aryl methyl sites for hydroxylation is 2. The molecule has 0 spiro atoms. The molecule has 0 aromatic heterocycles. The molecule has 9 rings (SSSR count). The molecule has 0 amide bonds. The van der Waals surface area contributed by atoms with E-state index in [1.54, 1.807) is 24.3 Å². The Morgan fingerprint density at radius 3 is 1.35 bits per heavy atom. The summed E-state index contributed by atoms with van der Waals surface area (Å²) in [6.07, 6.45) is 9.06. The largest absolute Gasteiger partial charge is 0.508 e. The van der Waals surface area contributed by atoms with Crippen LogP contribution in [0.3, 0.4) is 0 Å². The molecule has 13 nitrogen and oxygen atoms in total. The van der Waals surface area contributed by atoms with E-state index in [1.807, 2.05) is 38.1 Å². The zero-order valence-corrected chi connectivity index (χ0v) is 39.2. The third-order valence-corrected chi connectivity index (χ3v) is 16.4. The Labute approximate surface area is 395 Å². The van der Waals surface area contributed by atoms with E-state index in [0.29, 0.717) is 27.8 Å². The minimum Gasteiger partial charge on any atom is -0.508 e. The van der Waals surface area contributed by atoms with Crippen molar-refractivity contribution in [3.8, 4) is 28.7 Å². The number of benzene rings is 7. The number of diazo groups is 2. The maximum Gasteiger partial charge on any atom is 0.426 e. The van der Waals surface area contributed by atoms with Crippen molar-refractivity contribution >= 4 is 53.2 Å². The number of phenolic OH excluding ortho intramolecular Hbond substituents is 3. The average molecular weight is 951 g/mol. The molecule has 0 heterocycles. The molecule has 346 valence electrons. The Hall–Kier alpha value is -7.20. The normalized spacial score (nSPS) is 15.0. The van der Waals surface area contributed by atoms with E-state index >= 15 is 0 Å². The van der Waals surface area contributed by atoms with Crippen molar-refractivity contribution in [2.45, 2.75) is 106 Å². The van der Waals surface area contributed by atoms with Crippen LogP contribution in [0.4, 0.5) is 11.4 Å². The number of phenols is 3. The van der Waals surface area contributed by atoms with Gasteiger partial charge in [0.25, 0.3) is 0 Å². The Balaban J connectivity index is 1.20. The molecule has 15 heteroatoms. The molecular formula is C53H50N4O9S2+2. The molecule has 0 saturated heterocycles. The molecule has 2 aliphatic carbocycles. The molecule has 2 fully saturated rings. The summed E-state index contributed by atoms with van der Waals surface area (Å²) in [5.41, 5.74) is 4.77. The number of hydrogen-bond donors (Lipinski definition) is 3. The van der Waals surface area contributed by atoms with E-state index in [2.05, 4.69) is 9.95 Å². The number of para-hydroxylation sites is 1. The van der Waals surface area contributed by atoms with Crippen LogP contribution < -0.4 is 8.37 Å². The van der Waals surface area contributed by atoms with Gasteiger partial charge in [0.1, 0.15) is 27.0 Å². The predicted octanol–water partition coefficient (Wildman–Crippen LogP) is 13.5. The third kappa shape index (κ3) is 8.52. The summed E-state index contributed by atoms with van der Waals surface area (Å²) in [4.78, 5) is 5.89. The van der Waals surface area contributed by atoms with Crippen LogP contribution in [0, 0.1) is 24.6 Å². The Bertz CT molecular complexity index is 3250. The predicted molar refractivity (Wildman–Crippen MR) is 259 cm³/mol. The maximum absolute atomic E-state index is 14.4. The van der Waals surface area contributed by atoms with Gasteiger partial charge in [-0.25, -0.2) is 0 Å². The van der Waals surface area contributed by atoms with Crippen LogP contribution in [0.25, 0.3) is 31.5 Å². The zero-order valence-electron chi connectivity index (χ0n) is 37.6. The maximum atomic E-state index is 14.4. The topological polar surface area (TPSA) is 204 Å². The van der Waals surface area contributed by atoms with Crippen molar-refractivity contribution in [2.75, 3.05) is 0 Å². The molecule has 0 aliphatic heterocycles. The van der Waals surface area contributed by atoms with Gasteiger partial charge in [0.15, 0.2) is 9.95 Å². The second kappa shape index (κ2) is 18.5. The second-order valence-electron chi connectivity index (χ2n) is 18.0. The first-order valence-corrected chi connectivity index (χ1v) is 25.7. The van der Waals surface area contributed by atoms with Crippen LogP contribution in [-0.2, 0) is 20.2 Å². The zero-order chi connectivity index (χ0) is 47.9. The van der Waals surface area contributed by atoms with Gasteiger partial charge in [0, 0.05) is 45.2 Å². The van der Waals surface area contributed by atoms with Gasteiger partial charge < -0.3 is 23.7 Å². The van der Waals surface area contributed by atoms with E-state index in [4.69, 9.17) is 8.37 Å². The van der Waals surface area contributed by atoms with Crippen molar-refractivity contribution in [3.63, 3.8) is 0 Å². The lowest BCUT2D eigenvalue weighted by Crippen LogP contribution is -2.17. The summed E-state index contributed by atoms with van der Waals surface area (Å²) in [5, 5.41) is 52.8. The van der Waals surface area contributed by atoms with Crippen LogP contribution in [0.15, 0.2) is 119 Å². The fourth-order valence-corrected chi connectivity index (χ4v) is 12.8. The number of fused-ring (bicyclic) bond motifs is 2. The standard InChI is InChI=1S/C53H48N4O9S2/c1-31-27-47(65-67(61,62)49-21-11-18-37-35(49)23-25-44(56-54)52(37)59)42(33-13-5-3-6-14-33)29-40(31)51(39-17-9-10-20-46(39)58)41-30-43(34-15-7-4-8-16-34)48(28-32(41)2)66-68(63,64)50-22-12-19-38-36(50)24-26-45(57-55)53(38)60/h9-12,17-30,33-34,51H,3-8,13-16H2,1-2H3,(H-2,58,59,60)/p+2. The Kier molecular flexibility index (Phi) is 12.5. The van der Waals surface area contributed by atoms with Gasteiger partial charge in [-0.15, -0.1) is 0 Å².